The van der Waals surface area contributed by atoms with Gasteiger partial charge in [-0.2, -0.15) is 13.2 Å². The number of aliphatic carboxylic acids is 1. The normalized spacial score (nSPS) is 19.5. The Morgan fingerprint density at radius 1 is 1.24 bits per heavy atom. The van der Waals surface area contributed by atoms with Crippen molar-refractivity contribution in [2.45, 2.75) is 25.1 Å². The quantitative estimate of drug-likeness (QED) is 0.281. The fourth-order valence-electron chi connectivity index (χ4n) is 3.95. The van der Waals surface area contributed by atoms with Gasteiger partial charge in [-0.25, -0.2) is 4.39 Å². The van der Waals surface area contributed by atoms with Gasteiger partial charge in [-0.1, -0.05) is 30.0 Å². The highest BCUT2D eigenvalue weighted by Gasteiger charge is 2.35. The van der Waals surface area contributed by atoms with Crippen LogP contribution < -0.4 is 0 Å². The van der Waals surface area contributed by atoms with Gasteiger partial charge in [0, 0.05) is 30.9 Å². The average Bonchev–Trinajstić information content (AvgIpc) is 3.41. The van der Waals surface area contributed by atoms with Crippen LogP contribution in [0.2, 0.25) is 0 Å². The lowest BCUT2D eigenvalue weighted by molar-refractivity contribution is -0.147. The lowest BCUT2D eigenvalue weighted by Crippen LogP contribution is -2.47. The summed E-state index contributed by atoms with van der Waals surface area (Å²) in [6.07, 6.45) is -4.05. The zero-order valence-corrected chi connectivity index (χ0v) is 21.9. The van der Waals surface area contributed by atoms with Crippen molar-refractivity contribution in [2.24, 2.45) is 0 Å². The van der Waals surface area contributed by atoms with Crippen molar-refractivity contribution >= 4 is 63.5 Å². The van der Waals surface area contributed by atoms with Crippen molar-refractivity contribution < 1.29 is 41.8 Å². The van der Waals surface area contributed by atoms with Crippen LogP contribution in [0, 0.1) is 5.82 Å². The summed E-state index contributed by atoms with van der Waals surface area (Å²) >= 11 is 7.56. The number of ether oxygens (including phenoxy) is 1. The number of carbonyl (C=O) groups is 3. The molecular weight excluding hydrogens is 568 g/mol. The lowest BCUT2D eigenvalue weighted by atomic mass is 10.0. The molecule has 3 heterocycles. The number of rotatable bonds is 7. The molecule has 2 fully saturated rings. The number of thiocarbonyl (C=S) groups is 1. The Bertz CT molecular complexity index is 1310. The number of carboxylic acid groups (broad SMARTS) is 1. The highest BCUT2D eigenvalue weighted by molar-refractivity contribution is 8.26. The number of thiophene rings is 1. The summed E-state index contributed by atoms with van der Waals surface area (Å²) in [6.45, 7) is 0.758. The zero-order chi connectivity index (χ0) is 27.6. The number of morpholine rings is 1. The Kier molecular flexibility index (Phi) is 8.55. The second-order valence-corrected chi connectivity index (χ2v) is 11.1. The third-order valence-corrected chi connectivity index (χ3v) is 8.07. The molecule has 2 saturated heterocycles. The van der Waals surface area contributed by atoms with Gasteiger partial charge in [0.1, 0.15) is 10.1 Å². The van der Waals surface area contributed by atoms with Crippen molar-refractivity contribution in [3.8, 4) is 11.1 Å². The Labute approximate surface area is 228 Å². The topological polar surface area (TPSA) is 87.2 Å². The van der Waals surface area contributed by atoms with Crippen LogP contribution in [0.4, 0.5) is 17.6 Å². The first-order valence-electron chi connectivity index (χ1n) is 11.2. The number of hydrogen-bond acceptors (Lipinski definition) is 7. The summed E-state index contributed by atoms with van der Waals surface area (Å²) in [7, 11) is 0. The molecule has 2 amide bonds. The van der Waals surface area contributed by atoms with E-state index >= 15 is 0 Å². The molecule has 4 rings (SSSR count). The van der Waals surface area contributed by atoms with Crippen LogP contribution in [0.5, 0.6) is 0 Å². The maximum Gasteiger partial charge on any atom is 0.419 e. The van der Waals surface area contributed by atoms with Crippen LogP contribution >= 0.6 is 35.3 Å². The van der Waals surface area contributed by atoms with Gasteiger partial charge < -0.3 is 14.7 Å². The van der Waals surface area contributed by atoms with E-state index in [2.05, 4.69) is 0 Å². The molecule has 0 spiro atoms. The van der Waals surface area contributed by atoms with E-state index in [9.17, 15) is 31.9 Å². The van der Waals surface area contributed by atoms with Gasteiger partial charge in [-0.3, -0.25) is 19.3 Å². The molecule has 0 aliphatic carbocycles. The van der Waals surface area contributed by atoms with Gasteiger partial charge in [-0.05, 0) is 40.8 Å². The maximum absolute atomic E-state index is 13.6. The van der Waals surface area contributed by atoms with E-state index in [4.69, 9.17) is 22.1 Å². The minimum Gasteiger partial charge on any atom is -0.481 e. The minimum absolute atomic E-state index is 0.00519. The van der Waals surface area contributed by atoms with Gasteiger partial charge >= 0.3 is 12.1 Å². The van der Waals surface area contributed by atoms with Crippen molar-refractivity contribution in [3.05, 3.63) is 50.8 Å². The summed E-state index contributed by atoms with van der Waals surface area (Å²) < 4.78 is 58.4. The van der Waals surface area contributed by atoms with Gasteiger partial charge in [-0.15, -0.1) is 11.3 Å². The molecule has 1 aromatic carbocycles. The average molecular weight is 589 g/mol. The number of carbonyl (C=O) groups excluding carboxylic acids is 2. The SMILES string of the molecule is O=C(O)CC1CN(C(=O)CCN2C(=O)C(=Cc3cc(-c4ccc(F)c(C(F)(F)F)c4)cs3)SC2=S)CCO1. The highest BCUT2D eigenvalue weighted by atomic mass is 32.2. The van der Waals surface area contributed by atoms with Crippen LogP contribution in [0.15, 0.2) is 34.6 Å². The Hall–Kier alpha value is -2.81. The predicted octanol–water partition coefficient (Wildman–Crippen LogP) is 4.87. The molecule has 38 heavy (non-hydrogen) atoms. The number of halogens is 4. The highest BCUT2D eigenvalue weighted by Crippen LogP contribution is 2.37. The summed E-state index contributed by atoms with van der Waals surface area (Å²) in [5.74, 6) is -3.01. The van der Waals surface area contributed by atoms with E-state index in [0.29, 0.717) is 21.9 Å². The molecule has 2 aliphatic rings. The molecule has 0 saturated carbocycles. The number of alkyl halides is 3. The smallest absolute Gasteiger partial charge is 0.419 e. The number of thioether (sulfide) groups is 1. The van der Waals surface area contributed by atoms with E-state index in [1.165, 1.54) is 27.2 Å². The molecular formula is C24H20F4N2O5S3. The van der Waals surface area contributed by atoms with Crippen LogP contribution in [-0.2, 0) is 25.3 Å². The molecule has 0 bridgehead atoms. The molecule has 0 radical (unpaired) electrons. The summed E-state index contributed by atoms with van der Waals surface area (Å²) in [6, 6.07) is 4.37. The van der Waals surface area contributed by atoms with Crippen molar-refractivity contribution in [3.63, 3.8) is 0 Å². The standard InChI is InChI=1S/C24H20F4N2O5S3/c25-18-2-1-13(8-17(18)24(26,27)28)14-7-16(37-12-14)10-19-22(34)30(23(36)38-19)4-3-20(31)29-5-6-35-15(11-29)9-21(32)33/h1-2,7-8,10,12,15H,3-6,9,11H2,(H,32,33). The summed E-state index contributed by atoms with van der Waals surface area (Å²) in [4.78, 5) is 40.2. The van der Waals surface area contributed by atoms with E-state index < -0.39 is 35.5 Å². The van der Waals surface area contributed by atoms with E-state index in [1.807, 2.05) is 0 Å². The molecule has 2 aliphatic heterocycles. The monoisotopic (exact) mass is 588 g/mol. The maximum atomic E-state index is 13.6. The van der Waals surface area contributed by atoms with Crippen molar-refractivity contribution in [1.29, 1.82) is 0 Å². The lowest BCUT2D eigenvalue weighted by Gasteiger charge is -2.32. The van der Waals surface area contributed by atoms with E-state index in [0.717, 1.165) is 23.9 Å². The minimum atomic E-state index is -4.82. The van der Waals surface area contributed by atoms with Crippen LogP contribution in [0.1, 0.15) is 23.3 Å². The largest absolute Gasteiger partial charge is 0.481 e. The van der Waals surface area contributed by atoms with Crippen LogP contribution in [0.3, 0.4) is 0 Å². The van der Waals surface area contributed by atoms with Gasteiger partial charge in [0.15, 0.2) is 0 Å². The molecule has 1 atom stereocenters. The molecule has 202 valence electrons. The fraction of sp³-hybridized carbons (Fsp3) is 0.333. The van der Waals surface area contributed by atoms with Crippen LogP contribution in [-0.4, -0.2) is 69.4 Å². The number of nitrogens with zero attached hydrogens (tertiary/aromatic N) is 2. The first-order chi connectivity index (χ1) is 17.9. The van der Waals surface area contributed by atoms with Crippen molar-refractivity contribution in [2.75, 3.05) is 26.2 Å². The summed E-state index contributed by atoms with van der Waals surface area (Å²) in [5.41, 5.74) is -0.721. The Morgan fingerprint density at radius 3 is 2.71 bits per heavy atom. The van der Waals surface area contributed by atoms with Crippen molar-refractivity contribution in [1.82, 2.24) is 9.80 Å². The molecule has 14 heteroatoms. The Morgan fingerprint density at radius 2 is 2.00 bits per heavy atom. The molecule has 7 nitrogen and oxygen atoms in total. The fourth-order valence-corrected chi connectivity index (χ4v) is 6.18. The summed E-state index contributed by atoms with van der Waals surface area (Å²) in [5, 5.41) is 10.5. The zero-order valence-electron chi connectivity index (χ0n) is 19.5. The van der Waals surface area contributed by atoms with E-state index in [-0.39, 0.29) is 48.3 Å². The molecule has 2 aromatic rings. The molecule has 1 aromatic heterocycles. The van der Waals surface area contributed by atoms with Gasteiger partial charge in [0.25, 0.3) is 5.91 Å². The second kappa shape index (κ2) is 11.5. The number of benzene rings is 1. The van der Waals surface area contributed by atoms with Gasteiger partial charge in [0.2, 0.25) is 5.91 Å². The predicted molar refractivity (Wildman–Crippen MR) is 138 cm³/mol. The molecule has 1 unspecified atom stereocenters. The first-order valence-corrected chi connectivity index (χ1v) is 13.3. The Balaban J connectivity index is 1.40. The van der Waals surface area contributed by atoms with E-state index in [1.54, 1.807) is 17.5 Å². The number of carboxylic acids is 1. The third-order valence-electron chi connectivity index (χ3n) is 5.81. The second-order valence-electron chi connectivity index (χ2n) is 8.44. The number of amides is 2. The van der Waals surface area contributed by atoms with Gasteiger partial charge in [0.05, 0.1) is 29.6 Å². The molecule has 1 N–H and O–H groups in total. The first kappa shape index (κ1) is 28.2. The van der Waals surface area contributed by atoms with Crippen LogP contribution in [0.25, 0.3) is 17.2 Å². The number of hydrogen-bond donors (Lipinski definition) is 1. The third kappa shape index (κ3) is 6.60.